The van der Waals surface area contributed by atoms with Gasteiger partial charge in [-0.2, -0.15) is 5.10 Å². The zero-order valence-electron chi connectivity index (χ0n) is 16.0. The molecule has 0 atom stereocenters. The molecule has 0 bridgehead atoms. The quantitative estimate of drug-likeness (QED) is 0.279. The van der Waals surface area contributed by atoms with Crippen molar-refractivity contribution in [3.05, 3.63) is 89.4 Å². The monoisotopic (exact) mass is 458 g/mol. The largest absolute Gasteiger partial charge is 0.331 e. The minimum Gasteiger partial charge on any atom is -0.331 e. The highest BCUT2D eigenvalue weighted by Crippen LogP contribution is 2.17. The highest BCUT2D eigenvalue weighted by atomic mass is 35.5. The number of anilines is 2. The Morgan fingerprint density at radius 1 is 0.900 bits per heavy atom. The van der Waals surface area contributed by atoms with E-state index < -0.39 is 10.0 Å². The summed E-state index contributed by atoms with van der Waals surface area (Å²) in [5, 5.41) is 8.19. The van der Waals surface area contributed by atoms with Gasteiger partial charge in [-0.05, 0) is 73.2 Å². The zero-order valence-corrected chi connectivity index (χ0v) is 18.4. The van der Waals surface area contributed by atoms with Crippen LogP contribution >= 0.6 is 23.8 Å². The maximum absolute atomic E-state index is 12.5. The summed E-state index contributed by atoms with van der Waals surface area (Å²) in [6.07, 6.45) is 0. The Morgan fingerprint density at radius 2 is 1.53 bits per heavy atom. The summed E-state index contributed by atoms with van der Waals surface area (Å²) < 4.78 is 27.6. The highest BCUT2D eigenvalue weighted by Gasteiger charge is 2.14. The molecule has 0 radical (unpaired) electrons. The number of hydrogen-bond donors (Lipinski definition) is 3. The van der Waals surface area contributed by atoms with E-state index in [4.69, 9.17) is 23.8 Å². The fraction of sp³-hybridized carbons (Fsp3) is 0.0476. The van der Waals surface area contributed by atoms with E-state index in [9.17, 15) is 8.42 Å². The molecule has 3 aromatic carbocycles. The highest BCUT2D eigenvalue weighted by molar-refractivity contribution is 7.92. The summed E-state index contributed by atoms with van der Waals surface area (Å²) in [4.78, 5) is 0.163. The van der Waals surface area contributed by atoms with Crippen LogP contribution in [0.2, 0.25) is 5.02 Å². The fourth-order valence-corrected chi connectivity index (χ4v) is 3.84. The van der Waals surface area contributed by atoms with Gasteiger partial charge in [-0.25, -0.2) is 8.42 Å². The minimum absolute atomic E-state index is 0.163. The van der Waals surface area contributed by atoms with Gasteiger partial charge in [-0.15, -0.1) is 0 Å². The van der Waals surface area contributed by atoms with Gasteiger partial charge in [0, 0.05) is 16.4 Å². The van der Waals surface area contributed by atoms with Gasteiger partial charge in [0.1, 0.15) is 0 Å². The van der Waals surface area contributed by atoms with Gasteiger partial charge in [0.25, 0.3) is 10.0 Å². The molecule has 3 N–H and O–H groups in total. The number of hydrazone groups is 1. The Kier molecular flexibility index (Phi) is 7.04. The lowest BCUT2D eigenvalue weighted by atomic mass is 10.1. The number of rotatable bonds is 6. The normalized spacial score (nSPS) is 11.6. The van der Waals surface area contributed by atoms with Crippen LogP contribution in [0.3, 0.4) is 0 Å². The predicted molar refractivity (Wildman–Crippen MR) is 127 cm³/mol. The average Bonchev–Trinajstić information content (AvgIpc) is 2.74. The zero-order chi connectivity index (χ0) is 21.6. The van der Waals surface area contributed by atoms with E-state index in [1.54, 1.807) is 67.6 Å². The van der Waals surface area contributed by atoms with Crippen molar-refractivity contribution in [3.63, 3.8) is 0 Å². The average molecular weight is 459 g/mol. The van der Waals surface area contributed by atoms with E-state index in [0.717, 1.165) is 11.3 Å². The van der Waals surface area contributed by atoms with Gasteiger partial charge in [0.2, 0.25) is 0 Å². The molecule has 0 saturated carbocycles. The van der Waals surface area contributed by atoms with Crippen LogP contribution in [0.25, 0.3) is 0 Å². The third-order valence-corrected chi connectivity index (χ3v) is 5.88. The van der Waals surface area contributed by atoms with E-state index in [1.165, 1.54) is 12.1 Å². The van der Waals surface area contributed by atoms with Gasteiger partial charge in [0.15, 0.2) is 5.11 Å². The van der Waals surface area contributed by atoms with E-state index in [2.05, 4.69) is 20.6 Å². The van der Waals surface area contributed by atoms with Crippen molar-refractivity contribution in [3.8, 4) is 0 Å². The van der Waals surface area contributed by atoms with E-state index in [0.29, 0.717) is 21.5 Å². The van der Waals surface area contributed by atoms with Crippen molar-refractivity contribution >= 4 is 56.0 Å². The number of benzene rings is 3. The third-order valence-electron chi connectivity index (χ3n) is 4.04. The van der Waals surface area contributed by atoms with Gasteiger partial charge in [0.05, 0.1) is 10.6 Å². The van der Waals surface area contributed by atoms with Crippen LogP contribution in [-0.4, -0.2) is 19.2 Å². The summed E-state index contributed by atoms with van der Waals surface area (Å²) >= 11 is 11.1. The standard InChI is InChI=1S/C21H19ClN4O2S2/c1-15(24-25-21(29)23-18-11-9-17(22)10-12-18)16-7-13-20(14-8-16)30(27,28)26-19-5-3-2-4-6-19/h2-14,26H,1H3,(H2,23,25,29). The fourth-order valence-electron chi connectivity index (χ4n) is 2.49. The van der Waals surface area contributed by atoms with E-state index >= 15 is 0 Å². The smallest absolute Gasteiger partial charge is 0.261 e. The lowest BCUT2D eigenvalue weighted by Crippen LogP contribution is -2.24. The van der Waals surface area contributed by atoms with Gasteiger partial charge in [-0.1, -0.05) is 41.9 Å². The molecule has 0 amide bonds. The molecule has 0 aliphatic carbocycles. The van der Waals surface area contributed by atoms with E-state index in [-0.39, 0.29) is 4.90 Å². The van der Waals surface area contributed by atoms with Gasteiger partial charge < -0.3 is 5.32 Å². The number of halogens is 1. The Hall–Kier alpha value is -2.94. The third kappa shape index (κ3) is 6.03. The Balaban J connectivity index is 1.63. The summed E-state index contributed by atoms with van der Waals surface area (Å²) in [5.74, 6) is 0. The van der Waals surface area contributed by atoms with Crippen LogP contribution in [0.5, 0.6) is 0 Å². The number of nitrogens with zero attached hydrogens (tertiary/aromatic N) is 1. The summed E-state index contributed by atoms with van der Waals surface area (Å²) in [6, 6.07) is 22.3. The predicted octanol–water partition coefficient (Wildman–Crippen LogP) is 4.85. The first-order valence-corrected chi connectivity index (χ1v) is 11.2. The first kappa shape index (κ1) is 21.8. The molecule has 0 spiro atoms. The second kappa shape index (κ2) is 9.71. The van der Waals surface area contributed by atoms with Crippen LogP contribution < -0.4 is 15.5 Å². The molecule has 0 heterocycles. The Labute approximate surface area is 186 Å². The topological polar surface area (TPSA) is 82.6 Å². The first-order chi connectivity index (χ1) is 14.3. The maximum Gasteiger partial charge on any atom is 0.261 e. The molecule has 0 fully saturated rings. The van der Waals surface area contributed by atoms with Crippen LogP contribution in [0.1, 0.15) is 12.5 Å². The van der Waals surface area contributed by atoms with Crippen molar-refractivity contribution in [1.29, 1.82) is 0 Å². The van der Waals surface area contributed by atoms with Crippen LogP contribution in [0, 0.1) is 0 Å². The number of para-hydroxylation sites is 1. The number of sulfonamides is 1. The van der Waals surface area contributed by atoms with Crippen molar-refractivity contribution in [1.82, 2.24) is 5.43 Å². The van der Waals surface area contributed by atoms with Crippen molar-refractivity contribution in [2.75, 3.05) is 10.0 Å². The second-order valence-electron chi connectivity index (χ2n) is 6.27. The number of hydrogen-bond acceptors (Lipinski definition) is 4. The van der Waals surface area contributed by atoms with Crippen molar-refractivity contribution < 1.29 is 8.42 Å². The van der Waals surface area contributed by atoms with Crippen LogP contribution in [0.15, 0.2) is 88.9 Å². The first-order valence-electron chi connectivity index (χ1n) is 8.89. The minimum atomic E-state index is -3.66. The summed E-state index contributed by atoms with van der Waals surface area (Å²) in [5.41, 5.74) is 5.46. The molecule has 0 aliphatic heterocycles. The summed E-state index contributed by atoms with van der Waals surface area (Å²) in [6.45, 7) is 1.80. The molecule has 9 heteroatoms. The molecular formula is C21H19ClN4O2S2. The molecule has 3 aromatic rings. The van der Waals surface area contributed by atoms with Crippen LogP contribution in [0.4, 0.5) is 11.4 Å². The van der Waals surface area contributed by atoms with Crippen LogP contribution in [-0.2, 0) is 10.0 Å². The lowest BCUT2D eigenvalue weighted by molar-refractivity contribution is 0.601. The van der Waals surface area contributed by atoms with Gasteiger partial charge in [-0.3, -0.25) is 10.1 Å². The maximum atomic E-state index is 12.5. The Bertz CT molecular complexity index is 1150. The van der Waals surface area contributed by atoms with Crippen molar-refractivity contribution in [2.45, 2.75) is 11.8 Å². The molecule has 0 aromatic heterocycles. The number of nitrogens with one attached hydrogen (secondary N) is 3. The lowest BCUT2D eigenvalue weighted by Gasteiger charge is -2.10. The molecular weight excluding hydrogens is 440 g/mol. The SMILES string of the molecule is CC(=NNC(=S)Nc1ccc(Cl)cc1)c1ccc(S(=O)(=O)Nc2ccccc2)cc1. The van der Waals surface area contributed by atoms with Gasteiger partial charge >= 0.3 is 0 Å². The molecule has 0 unspecified atom stereocenters. The molecule has 30 heavy (non-hydrogen) atoms. The van der Waals surface area contributed by atoms with Crippen molar-refractivity contribution in [2.24, 2.45) is 5.10 Å². The Morgan fingerprint density at radius 3 is 2.17 bits per heavy atom. The summed E-state index contributed by atoms with van der Waals surface area (Å²) in [7, 11) is -3.66. The molecule has 3 rings (SSSR count). The molecule has 6 nitrogen and oxygen atoms in total. The molecule has 0 aliphatic rings. The molecule has 154 valence electrons. The number of thiocarbonyl (C=S) groups is 1. The van der Waals surface area contributed by atoms with E-state index in [1.807, 2.05) is 6.07 Å². The molecule has 0 saturated heterocycles. The second-order valence-corrected chi connectivity index (χ2v) is 8.79.